The highest BCUT2D eigenvalue weighted by Crippen LogP contribution is 2.42. The van der Waals surface area contributed by atoms with Crippen LogP contribution in [0.15, 0.2) is 200 Å². The standard InChI is InChI=1S/C50H33N/c1-2-15-39(16-3-1)51(40-27-22-35(23-28-40)48-32-37-13-5-7-17-42(37)45-20-10-11-21-46(45)48)41-29-24-36(25-30-41)49-33-38-14-6-9-19-44(38)50-43-18-8-4-12-34(43)26-31-47(49)50/h1-33H. The maximum Gasteiger partial charge on any atom is 0.0462 e. The van der Waals surface area contributed by atoms with Crippen molar-refractivity contribution in [2.24, 2.45) is 0 Å². The third kappa shape index (κ3) is 4.94. The van der Waals surface area contributed by atoms with Gasteiger partial charge < -0.3 is 4.90 Å². The average Bonchev–Trinajstić information content (AvgIpc) is 3.21. The number of nitrogens with zero attached hydrogens (tertiary/aromatic N) is 1. The van der Waals surface area contributed by atoms with Gasteiger partial charge in [-0.05, 0) is 125 Å². The molecule has 0 radical (unpaired) electrons. The fraction of sp³-hybridized carbons (Fsp3) is 0. The van der Waals surface area contributed by atoms with E-state index in [4.69, 9.17) is 0 Å². The first-order valence-corrected chi connectivity index (χ1v) is 17.6. The van der Waals surface area contributed by atoms with Crippen molar-refractivity contribution in [3.8, 4) is 22.3 Å². The molecule has 0 bridgehead atoms. The number of benzene rings is 10. The van der Waals surface area contributed by atoms with Crippen LogP contribution in [-0.4, -0.2) is 0 Å². The van der Waals surface area contributed by atoms with E-state index in [-0.39, 0.29) is 0 Å². The molecule has 0 saturated heterocycles. The summed E-state index contributed by atoms with van der Waals surface area (Å²) >= 11 is 0. The molecule has 0 saturated carbocycles. The maximum atomic E-state index is 2.35. The lowest BCUT2D eigenvalue weighted by Crippen LogP contribution is -2.09. The van der Waals surface area contributed by atoms with E-state index in [2.05, 4.69) is 205 Å². The van der Waals surface area contributed by atoms with Crippen LogP contribution < -0.4 is 4.90 Å². The zero-order valence-corrected chi connectivity index (χ0v) is 28.0. The van der Waals surface area contributed by atoms with Gasteiger partial charge in [0.25, 0.3) is 0 Å². The molecule has 0 atom stereocenters. The lowest BCUT2D eigenvalue weighted by atomic mass is 9.90. The van der Waals surface area contributed by atoms with Gasteiger partial charge in [-0.25, -0.2) is 0 Å². The molecule has 10 aromatic rings. The van der Waals surface area contributed by atoms with Crippen LogP contribution in [0.2, 0.25) is 0 Å². The van der Waals surface area contributed by atoms with Crippen molar-refractivity contribution >= 4 is 70.9 Å². The van der Waals surface area contributed by atoms with Gasteiger partial charge in [-0.3, -0.25) is 0 Å². The van der Waals surface area contributed by atoms with Crippen molar-refractivity contribution in [1.82, 2.24) is 0 Å². The molecular weight excluding hydrogens is 615 g/mol. The Morgan fingerprint density at radius 3 is 1.31 bits per heavy atom. The van der Waals surface area contributed by atoms with E-state index >= 15 is 0 Å². The molecule has 0 heterocycles. The van der Waals surface area contributed by atoms with E-state index in [1.165, 1.54) is 76.1 Å². The normalized spacial score (nSPS) is 11.5. The minimum absolute atomic E-state index is 1.12. The van der Waals surface area contributed by atoms with Crippen LogP contribution in [0.3, 0.4) is 0 Å². The Morgan fingerprint density at radius 1 is 0.255 bits per heavy atom. The zero-order chi connectivity index (χ0) is 33.7. The monoisotopic (exact) mass is 647 g/mol. The Hall–Kier alpha value is -6.70. The summed E-state index contributed by atoms with van der Waals surface area (Å²) in [6.45, 7) is 0. The Bertz CT molecular complexity index is 2870. The molecule has 0 aliphatic heterocycles. The number of anilines is 3. The Morgan fingerprint density at radius 2 is 0.686 bits per heavy atom. The van der Waals surface area contributed by atoms with E-state index in [1.807, 2.05) is 0 Å². The van der Waals surface area contributed by atoms with Gasteiger partial charge in [0.05, 0.1) is 0 Å². The predicted molar refractivity (Wildman–Crippen MR) is 220 cm³/mol. The first-order chi connectivity index (χ1) is 25.3. The van der Waals surface area contributed by atoms with Crippen LogP contribution in [0.25, 0.3) is 76.1 Å². The topological polar surface area (TPSA) is 3.24 Å². The molecule has 10 rings (SSSR count). The third-order valence-electron chi connectivity index (χ3n) is 10.4. The molecular formula is C50H33N. The van der Waals surface area contributed by atoms with Crippen molar-refractivity contribution in [2.75, 3.05) is 4.90 Å². The van der Waals surface area contributed by atoms with Gasteiger partial charge in [0.2, 0.25) is 0 Å². The van der Waals surface area contributed by atoms with Gasteiger partial charge in [0, 0.05) is 17.1 Å². The van der Waals surface area contributed by atoms with Gasteiger partial charge in [-0.1, -0.05) is 152 Å². The van der Waals surface area contributed by atoms with Gasteiger partial charge in [0.1, 0.15) is 0 Å². The number of para-hydroxylation sites is 1. The van der Waals surface area contributed by atoms with Crippen LogP contribution in [0.5, 0.6) is 0 Å². The minimum Gasteiger partial charge on any atom is -0.311 e. The van der Waals surface area contributed by atoms with Crippen LogP contribution in [-0.2, 0) is 0 Å². The van der Waals surface area contributed by atoms with Crippen molar-refractivity contribution < 1.29 is 0 Å². The van der Waals surface area contributed by atoms with E-state index in [9.17, 15) is 0 Å². The summed E-state index contributed by atoms with van der Waals surface area (Å²) in [5.41, 5.74) is 8.27. The minimum atomic E-state index is 1.12. The highest BCUT2D eigenvalue weighted by Gasteiger charge is 2.16. The van der Waals surface area contributed by atoms with Crippen LogP contribution in [0.1, 0.15) is 0 Å². The largest absolute Gasteiger partial charge is 0.311 e. The van der Waals surface area contributed by atoms with E-state index in [0.29, 0.717) is 0 Å². The molecule has 0 aliphatic rings. The summed E-state index contributed by atoms with van der Waals surface area (Å²) < 4.78 is 0. The second kappa shape index (κ2) is 12.0. The third-order valence-corrected chi connectivity index (χ3v) is 10.4. The Labute approximate surface area is 297 Å². The lowest BCUT2D eigenvalue weighted by Gasteiger charge is -2.26. The number of hydrogen-bond acceptors (Lipinski definition) is 1. The molecule has 0 spiro atoms. The molecule has 0 unspecified atom stereocenters. The summed E-state index contributed by atoms with van der Waals surface area (Å²) in [5.74, 6) is 0. The van der Waals surface area contributed by atoms with Gasteiger partial charge in [-0.2, -0.15) is 0 Å². The van der Waals surface area contributed by atoms with E-state index < -0.39 is 0 Å². The second-order valence-electron chi connectivity index (χ2n) is 13.3. The van der Waals surface area contributed by atoms with Crippen molar-refractivity contribution in [3.05, 3.63) is 200 Å². The fourth-order valence-corrected chi connectivity index (χ4v) is 8.01. The smallest absolute Gasteiger partial charge is 0.0462 e. The molecule has 0 aromatic heterocycles. The van der Waals surface area contributed by atoms with Gasteiger partial charge >= 0.3 is 0 Å². The number of hydrogen-bond donors (Lipinski definition) is 0. The zero-order valence-electron chi connectivity index (χ0n) is 28.0. The SMILES string of the molecule is c1ccc(N(c2ccc(-c3cc4ccccc4c4ccccc34)cc2)c2ccc(-c3cc4ccccc4c4c3ccc3ccccc34)cc2)cc1. The number of rotatable bonds is 5. The maximum absolute atomic E-state index is 2.35. The first kappa shape index (κ1) is 29.2. The summed E-state index contributed by atoms with van der Waals surface area (Å²) in [5, 5.41) is 12.8. The van der Waals surface area contributed by atoms with Crippen molar-refractivity contribution in [2.45, 2.75) is 0 Å². The molecule has 0 amide bonds. The number of fused-ring (bicyclic) bond motifs is 8. The van der Waals surface area contributed by atoms with Crippen LogP contribution in [0.4, 0.5) is 17.1 Å². The molecule has 51 heavy (non-hydrogen) atoms. The van der Waals surface area contributed by atoms with Gasteiger partial charge in [0.15, 0.2) is 0 Å². The average molecular weight is 648 g/mol. The van der Waals surface area contributed by atoms with Crippen LogP contribution in [0, 0.1) is 0 Å². The summed E-state index contributed by atoms with van der Waals surface area (Å²) in [6.07, 6.45) is 0. The quantitative estimate of drug-likeness (QED) is 0.168. The second-order valence-corrected chi connectivity index (χ2v) is 13.3. The Kier molecular flexibility index (Phi) is 6.89. The van der Waals surface area contributed by atoms with Crippen molar-refractivity contribution in [3.63, 3.8) is 0 Å². The molecule has 1 nitrogen and oxygen atoms in total. The van der Waals surface area contributed by atoms with E-state index in [0.717, 1.165) is 17.1 Å². The highest BCUT2D eigenvalue weighted by atomic mass is 15.1. The van der Waals surface area contributed by atoms with Crippen LogP contribution >= 0.6 is 0 Å². The molecule has 1 heteroatoms. The summed E-state index contributed by atoms with van der Waals surface area (Å²) in [6, 6.07) is 72.9. The van der Waals surface area contributed by atoms with Gasteiger partial charge in [-0.15, -0.1) is 0 Å². The molecule has 10 aromatic carbocycles. The molecule has 0 fully saturated rings. The Balaban J connectivity index is 1.08. The molecule has 238 valence electrons. The first-order valence-electron chi connectivity index (χ1n) is 17.6. The van der Waals surface area contributed by atoms with Crippen molar-refractivity contribution in [1.29, 1.82) is 0 Å². The summed E-state index contributed by atoms with van der Waals surface area (Å²) in [4.78, 5) is 2.35. The molecule has 0 N–H and O–H groups in total. The summed E-state index contributed by atoms with van der Waals surface area (Å²) in [7, 11) is 0. The lowest BCUT2D eigenvalue weighted by molar-refractivity contribution is 1.28. The fourth-order valence-electron chi connectivity index (χ4n) is 8.01. The predicted octanol–water partition coefficient (Wildman–Crippen LogP) is 14.3. The highest BCUT2D eigenvalue weighted by molar-refractivity contribution is 6.24. The molecule has 0 aliphatic carbocycles. The van der Waals surface area contributed by atoms with E-state index in [1.54, 1.807) is 0 Å².